The fraction of sp³-hybridized carbons (Fsp3) is 0.200. The maximum Gasteiger partial charge on any atom is 0.262 e. The molecule has 0 unspecified atom stereocenters. The van der Waals surface area contributed by atoms with Crippen molar-refractivity contribution in [3.8, 4) is 5.75 Å². The van der Waals surface area contributed by atoms with Crippen molar-refractivity contribution in [3.05, 3.63) is 53.6 Å². The topological polar surface area (TPSA) is 55.4 Å². The van der Waals surface area contributed by atoms with Crippen LogP contribution in [0.2, 0.25) is 0 Å². The lowest BCUT2D eigenvalue weighted by molar-refractivity contribution is 0.417. The van der Waals surface area contributed by atoms with Gasteiger partial charge in [0.05, 0.1) is 17.7 Å². The largest absolute Gasteiger partial charge is 0.495 e. The van der Waals surface area contributed by atoms with E-state index >= 15 is 0 Å². The molecule has 5 heteroatoms. The summed E-state index contributed by atoms with van der Waals surface area (Å²) >= 11 is 0. The fourth-order valence-electron chi connectivity index (χ4n) is 1.93. The summed E-state index contributed by atoms with van der Waals surface area (Å²) in [5.41, 5.74) is 2.03. The maximum atomic E-state index is 12.5. The van der Waals surface area contributed by atoms with E-state index in [0.29, 0.717) is 17.0 Å². The Morgan fingerprint density at radius 2 is 1.75 bits per heavy atom. The van der Waals surface area contributed by atoms with E-state index in [1.165, 1.54) is 7.11 Å². The second-order valence-corrected chi connectivity index (χ2v) is 6.23. The van der Waals surface area contributed by atoms with Crippen LogP contribution in [0.4, 0.5) is 5.69 Å². The first-order valence-corrected chi connectivity index (χ1v) is 7.65. The molecule has 20 heavy (non-hydrogen) atoms. The highest BCUT2D eigenvalue weighted by molar-refractivity contribution is 7.92. The van der Waals surface area contributed by atoms with Crippen molar-refractivity contribution in [2.24, 2.45) is 0 Å². The highest BCUT2D eigenvalue weighted by Gasteiger charge is 2.18. The summed E-state index contributed by atoms with van der Waals surface area (Å²) in [4.78, 5) is 0.281. The zero-order valence-corrected chi connectivity index (χ0v) is 12.5. The molecule has 0 amide bonds. The van der Waals surface area contributed by atoms with E-state index in [4.69, 9.17) is 4.74 Å². The van der Waals surface area contributed by atoms with E-state index in [9.17, 15) is 8.42 Å². The summed E-state index contributed by atoms with van der Waals surface area (Å²) < 4.78 is 32.7. The van der Waals surface area contributed by atoms with Crippen LogP contribution < -0.4 is 9.46 Å². The summed E-state index contributed by atoms with van der Waals surface area (Å²) in [6.07, 6.45) is 0. The molecule has 2 rings (SSSR count). The molecule has 0 saturated heterocycles. The molecule has 0 heterocycles. The van der Waals surface area contributed by atoms with Gasteiger partial charge in [0.15, 0.2) is 0 Å². The normalized spacial score (nSPS) is 11.2. The van der Waals surface area contributed by atoms with Crippen LogP contribution in [0, 0.1) is 13.8 Å². The van der Waals surface area contributed by atoms with Crippen LogP contribution in [0.5, 0.6) is 5.75 Å². The van der Waals surface area contributed by atoms with Crippen molar-refractivity contribution in [3.63, 3.8) is 0 Å². The Hall–Kier alpha value is -2.01. The van der Waals surface area contributed by atoms with E-state index in [-0.39, 0.29) is 4.90 Å². The highest BCUT2D eigenvalue weighted by atomic mass is 32.2. The van der Waals surface area contributed by atoms with Crippen molar-refractivity contribution in [2.45, 2.75) is 18.7 Å². The molecule has 0 aliphatic carbocycles. The SMILES string of the molecule is COc1ccccc1NS(=O)(=O)c1cc(C)ccc1C. The Kier molecular flexibility index (Phi) is 3.99. The van der Waals surface area contributed by atoms with Crippen molar-refractivity contribution >= 4 is 15.7 Å². The van der Waals surface area contributed by atoms with E-state index in [0.717, 1.165) is 5.56 Å². The summed E-state index contributed by atoms with van der Waals surface area (Å²) in [6.45, 7) is 3.64. The van der Waals surface area contributed by atoms with Crippen LogP contribution in [0.25, 0.3) is 0 Å². The summed E-state index contributed by atoms with van der Waals surface area (Å²) in [5, 5.41) is 0. The van der Waals surface area contributed by atoms with Crippen LogP contribution in [0.1, 0.15) is 11.1 Å². The number of hydrogen-bond acceptors (Lipinski definition) is 3. The van der Waals surface area contributed by atoms with Gasteiger partial charge in [0.2, 0.25) is 0 Å². The minimum absolute atomic E-state index is 0.281. The first-order valence-electron chi connectivity index (χ1n) is 6.17. The number of ether oxygens (including phenoxy) is 1. The Labute approximate surface area is 119 Å². The van der Waals surface area contributed by atoms with Gasteiger partial charge in [-0.25, -0.2) is 8.42 Å². The number of rotatable bonds is 4. The zero-order chi connectivity index (χ0) is 14.8. The molecule has 0 atom stereocenters. The number of anilines is 1. The van der Waals surface area contributed by atoms with Crippen molar-refractivity contribution in [1.82, 2.24) is 0 Å². The van der Waals surface area contributed by atoms with Gasteiger partial charge in [0.1, 0.15) is 5.75 Å². The molecular weight excluding hydrogens is 274 g/mol. The first kappa shape index (κ1) is 14.4. The molecule has 2 aromatic rings. The molecule has 0 aliphatic heterocycles. The van der Waals surface area contributed by atoms with Gasteiger partial charge in [-0.3, -0.25) is 4.72 Å². The average molecular weight is 291 g/mol. The van der Waals surface area contributed by atoms with Crippen molar-refractivity contribution in [2.75, 3.05) is 11.8 Å². The molecule has 0 saturated carbocycles. The number of aryl methyl sites for hydroxylation is 2. The van der Waals surface area contributed by atoms with Crippen LogP contribution in [-0.4, -0.2) is 15.5 Å². The quantitative estimate of drug-likeness (QED) is 0.941. The lowest BCUT2D eigenvalue weighted by Gasteiger charge is -2.13. The lowest BCUT2D eigenvalue weighted by atomic mass is 10.2. The summed E-state index contributed by atoms with van der Waals surface area (Å²) in [6, 6.07) is 12.3. The Bertz CT molecular complexity index is 724. The van der Waals surface area contributed by atoms with Gasteiger partial charge in [-0.2, -0.15) is 0 Å². The van der Waals surface area contributed by atoms with Crippen molar-refractivity contribution in [1.29, 1.82) is 0 Å². The highest BCUT2D eigenvalue weighted by Crippen LogP contribution is 2.27. The van der Waals surface area contributed by atoms with Gasteiger partial charge < -0.3 is 4.74 Å². The number of nitrogens with one attached hydrogen (secondary N) is 1. The molecule has 0 aromatic heterocycles. The molecule has 106 valence electrons. The van der Waals surface area contributed by atoms with Gasteiger partial charge in [-0.15, -0.1) is 0 Å². The van der Waals surface area contributed by atoms with Gasteiger partial charge >= 0.3 is 0 Å². The number of hydrogen-bond donors (Lipinski definition) is 1. The Morgan fingerprint density at radius 1 is 1.05 bits per heavy atom. The third-order valence-electron chi connectivity index (χ3n) is 2.98. The second-order valence-electron chi connectivity index (χ2n) is 4.57. The molecule has 0 bridgehead atoms. The monoisotopic (exact) mass is 291 g/mol. The van der Waals surface area contributed by atoms with Gasteiger partial charge in [-0.05, 0) is 43.2 Å². The second kappa shape index (κ2) is 5.54. The molecule has 0 spiro atoms. The van der Waals surface area contributed by atoms with Crippen LogP contribution in [0.15, 0.2) is 47.4 Å². The first-order chi connectivity index (χ1) is 9.44. The minimum Gasteiger partial charge on any atom is -0.495 e. The zero-order valence-electron chi connectivity index (χ0n) is 11.7. The Balaban J connectivity index is 2.43. The smallest absolute Gasteiger partial charge is 0.262 e. The molecular formula is C15H17NO3S. The van der Waals surface area contributed by atoms with Gasteiger partial charge in [-0.1, -0.05) is 24.3 Å². The average Bonchev–Trinajstić information content (AvgIpc) is 2.41. The van der Waals surface area contributed by atoms with E-state index in [1.807, 2.05) is 13.0 Å². The standard InChI is InChI=1S/C15H17NO3S/c1-11-8-9-12(2)15(10-11)20(17,18)16-13-6-4-5-7-14(13)19-3/h4-10,16H,1-3H3. The minimum atomic E-state index is -3.63. The number of sulfonamides is 1. The number of para-hydroxylation sites is 2. The lowest BCUT2D eigenvalue weighted by Crippen LogP contribution is -2.15. The molecule has 2 aromatic carbocycles. The van der Waals surface area contributed by atoms with E-state index in [2.05, 4.69) is 4.72 Å². The predicted octanol–water partition coefficient (Wildman–Crippen LogP) is 3.11. The van der Waals surface area contributed by atoms with Crippen LogP contribution in [-0.2, 0) is 10.0 Å². The number of benzene rings is 2. The van der Waals surface area contributed by atoms with Gasteiger partial charge in [0.25, 0.3) is 10.0 Å². The summed E-state index contributed by atoms with van der Waals surface area (Å²) in [5.74, 6) is 0.487. The number of methoxy groups -OCH3 is 1. The van der Waals surface area contributed by atoms with Crippen LogP contribution in [0.3, 0.4) is 0 Å². The van der Waals surface area contributed by atoms with Gasteiger partial charge in [0, 0.05) is 0 Å². The summed E-state index contributed by atoms with van der Waals surface area (Å²) in [7, 11) is -2.12. The predicted molar refractivity (Wildman–Crippen MR) is 79.7 cm³/mol. The third-order valence-corrected chi connectivity index (χ3v) is 4.49. The maximum absolute atomic E-state index is 12.5. The van der Waals surface area contributed by atoms with E-state index < -0.39 is 10.0 Å². The van der Waals surface area contributed by atoms with Crippen molar-refractivity contribution < 1.29 is 13.2 Å². The molecule has 4 nitrogen and oxygen atoms in total. The molecule has 0 aliphatic rings. The Morgan fingerprint density at radius 3 is 2.45 bits per heavy atom. The van der Waals surface area contributed by atoms with Crippen LogP contribution >= 0.6 is 0 Å². The molecule has 0 radical (unpaired) electrons. The molecule has 0 fully saturated rings. The third kappa shape index (κ3) is 2.93. The van der Waals surface area contributed by atoms with E-state index in [1.54, 1.807) is 43.3 Å². The fourth-order valence-corrected chi connectivity index (χ4v) is 3.33. The molecule has 1 N–H and O–H groups in total.